The fourth-order valence-electron chi connectivity index (χ4n) is 1.44. The van der Waals surface area contributed by atoms with E-state index in [-0.39, 0.29) is 21.8 Å². The van der Waals surface area contributed by atoms with E-state index in [1.807, 2.05) is 0 Å². The van der Waals surface area contributed by atoms with E-state index in [2.05, 4.69) is 9.73 Å². The van der Waals surface area contributed by atoms with Crippen LogP contribution in [-0.4, -0.2) is 17.0 Å². The number of carbonyl (C=O) groups is 2. The van der Waals surface area contributed by atoms with Crippen molar-refractivity contribution in [2.75, 3.05) is 5.32 Å². The highest BCUT2D eigenvalue weighted by Crippen LogP contribution is 2.23. The van der Waals surface area contributed by atoms with Gasteiger partial charge in [0.05, 0.1) is 21.8 Å². The van der Waals surface area contributed by atoms with Crippen LogP contribution in [0, 0.1) is 0 Å². The van der Waals surface area contributed by atoms with Crippen molar-refractivity contribution in [1.29, 1.82) is 0 Å². The number of carbonyl (C=O) groups excluding carboxylic acids is 1. The molecule has 7 heteroatoms. The summed E-state index contributed by atoms with van der Waals surface area (Å²) in [5.74, 6) is -1.71. The molecule has 0 bridgehead atoms. The molecule has 0 radical (unpaired) electrons. The summed E-state index contributed by atoms with van der Waals surface area (Å²) in [4.78, 5) is 33.5. The molecule has 0 saturated heterocycles. The Hall–Kier alpha value is -2.60. The Bertz CT molecular complexity index is 717. The zero-order valence-corrected chi connectivity index (χ0v) is 10.7. The first-order chi connectivity index (χ1) is 9.47. The lowest BCUT2D eigenvalue weighted by atomic mass is 10.2. The summed E-state index contributed by atoms with van der Waals surface area (Å²) in [7, 11) is 0. The first-order valence-electron chi connectivity index (χ1n) is 5.40. The van der Waals surface area contributed by atoms with Crippen LogP contribution in [0.3, 0.4) is 0 Å². The monoisotopic (exact) mass is 293 g/mol. The number of carboxylic acid groups (broad SMARTS) is 1. The quantitative estimate of drug-likeness (QED) is 0.904. The highest BCUT2D eigenvalue weighted by atomic mass is 35.5. The Balaban J connectivity index is 2.27. The van der Waals surface area contributed by atoms with Gasteiger partial charge in [0, 0.05) is 6.07 Å². The van der Waals surface area contributed by atoms with Crippen LogP contribution in [0.25, 0.3) is 0 Å². The summed E-state index contributed by atoms with van der Waals surface area (Å²) < 4.78 is 4.57. The van der Waals surface area contributed by atoms with Gasteiger partial charge in [0.2, 0.25) is 0 Å². The van der Waals surface area contributed by atoms with E-state index in [4.69, 9.17) is 16.7 Å². The number of hydrogen-bond acceptors (Lipinski definition) is 4. The van der Waals surface area contributed by atoms with E-state index in [9.17, 15) is 14.4 Å². The Morgan fingerprint density at radius 3 is 2.45 bits per heavy atom. The van der Waals surface area contributed by atoms with Gasteiger partial charge in [-0.1, -0.05) is 11.6 Å². The van der Waals surface area contributed by atoms with Crippen molar-refractivity contribution >= 4 is 29.2 Å². The van der Waals surface area contributed by atoms with Crippen LogP contribution in [0.15, 0.2) is 45.8 Å². The fraction of sp³-hybridized carbons (Fsp3) is 0. The highest BCUT2D eigenvalue weighted by molar-refractivity contribution is 6.34. The molecule has 0 saturated carbocycles. The molecule has 0 atom stereocenters. The van der Waals surface area contributed by atoms with Crippen LogP contribution in [0.2, 0.25) is 5.02 Å². The maximum atomic E-state index is 11.9. The molecular formula is C13H8ClNO5. The fourth-order valence-corrected chi connectivity index (χ4v) is 1.60. The minimum Gasteiger partial charge on any atom is -0.478 e. The summed E-state index contributed by atoms with van der Waals surface area (Å²) in [6.07, 6.45) is 1.01. The molecule has 6 nitrogen and oxygen atoms in total. The van der Waals surface area contributed by atoms with E-state index in [0.717, 1.165) is 12.3 Å². The van der Waals surface area contributed by atoms with Crippen molar-refractivity contribution < 1.29 is 19.1 Å². The number of nitrogens with one attached hydrogen (secondary N) is 1. The van der Waals surface area contributed by atoms with Crippen LogP contribution in [0.5, 0.6) is 0 Å². The van der Waals surface area contributed by atoms with Gasteiger partial charge in [-0.2, -0.15) is 0 Å². The summed E-state index contributed by atoms with van der Waals surface area (Å²) in [6, 6.07) is 6.32. The summed E-state index contributed by atoms with van der Waals surface area (Å²) in [6.45, 7) is 0. The normalized spacial score (nSPS) is 10.1. The molecule has 0 spiro atoms. The van der Waals surface area contributed by atoms with Crippen LogP contribution >= 0.6 is 11.6 Å². The number of hydrogen-bond donors (Lipinski definition) is 2. The molecule has 2 rings (SSSR count). The number of amides is 1. The molecule has 0 aliphatic carbocycles. The average molecular weight is 294 g/mol. The van der Waals surface area contributed by atoms with E-state index >= 15 is 0 Å². The lowest BCUT2D eigenvalue weighted by Crippen LogP contribution is -2.13. The number of rotatable bonds is 3. The Morgan fingerprint density at radius 2 is 1.85 bits per heavy atom. The zero-order chi connectivity index (χ0) is 14.7. The second-order valence-electron chi connectivity index (χ2n) is 3.80. The third-order valence-corrected chi connectivity index (χ3v) is 2.75. The van der Waals surface area contributed by atoms with E-state index in [1.54, 1.807) is 0 Å². The lowest BCUT2D eigenvalue weighted by Gasteiger charge is -2.07. The van der Waals surface area contributed by atoms with E-state index in [1.165, 1.54) is 24.3 Å². The van der Waals surface area contributed by atoms with Crippen molar-refractivity contribution in [2.24, 2.45) is 0 Å². The summed E-state index contributed by atoms with van der Waals surface area (Å²) >= 11 is 5.88. The van der Waals surface area contributed by atoms with Crippen LogP contribution < -0.4 is 10.9 Å². The van der Waals surface area contributed by atoms with Crippen molar-refractivity contribution in [3.05, 3.63) is 63.2 Å². The van der Waals surface area contributed by atoms with Crippen molar-refractivity contribution in [2.45, 2.75) is 0 Å². The second kappa shape index (κ2) is 5.58. The van der Waals surface area contributed by atoms with Crippen LogP contribution in [0.4, 0.5) is 5.69 Å². The summed E-state index contributed by atoms with van der Waals surface area (Å²) in [5.41, 5.74) is -0.319. The number of anilines is 1. The Kier molecular flexibility index (Phi) is 3.86. The van der Waals surface area contributed by atoms with Gasteiger partial charge in [-0.3, -0.25) is 4.79 Å². The Labute approximate surface area is 117 Å². The second-order valence-corrected chi connectivity index (χ2v) is 4.20. The van der Waals surface area contributed by atoms with Gasteiger partial charge in [0.15, 0.2) is 0 Å². The molecular weight excluding hydrogens is 286 g/mol. The number of benzene rings is 1. The molecule has 0 fully saturated rings. The summed E-state index contributed by atoms with van der Waals surface area (Å²) in [5, 5.41) is 11.5. The molecule has 2 N–H and O–H groups in total. The molecule has 1 aromatic carbocycles. The zero-order valence-electron chi connectivity index (χ0n) is 9.92. The molecule has 0 unspecified atom stereocenters. The molecule has 0 aliphatic rings. The third kappa shape index (κ3) is 3.04. The topological polar surface area (TPSA) is 96.6 Å². The van der Waals surface area contributed by atoms with Gasteiger partial charge >= 0.3 is 11.6 Å². The minimum absolute atomic E-state index is 0.00991. The highest BCUT2D eigenvalue weighted by Gasteiger charge is 2.12. The maximum absolute atomic E-state index is 11.9. The van der Waals surface area contributed by atoms with Gasteiger partial charge < -0.3 is 14.8 Å². The van der Waals surface area contributed by atoms with Gasteiger partial charge in [-0.25, -0.2) is 9.59 Å². The van der Waals surface area contributed by atoms with Crippen molar-refractivity contribution in [3.63, 3.8) is 0 Å². The van der Waals surface area contributed by atoms with Gasteiger partial charge in [-0.15, -0.1) is 0 Å². The number of aromatic carboxylic acids is 1. The predicted octanol–water partition coefficient (Wildman–Crippen LogP) is 2.24. The molecule has 0 aliphatic heterocycles. The smallest absolute Gasteiger partial charge is 0.335 e. The standard InChI is InChI=1S/C13H8ClNO5/c14-9-3-1-7(13(18)19)5-10(9)15-12(17)8-2-4-11(16)20-6-8/h1-6H,(H,15,17)(H,18,19). The van der Waals surface area contributed by atoms with Gasteiger partial charge in [0.1, 0.15) is 6.26 Å². The first kappa shape index (κ1) is 13.8. The molecule has 2 aromatic rings. The Morgan fingerprint density at radius 1 is 1.15 bits per heavy atom. The van der Waals surface area contributed by atoms with Gasteiger partial charge in [0.25, 0.3) is 5.91 Å². The molecule has 1 aromatic heterocycles. The average Bonchev–Trinajstić information content (AvgIpc) is 2.41. The number of halogens is 1. The maximum Gasteiger partial charge on any atom is 0.335 e. The van der Waals surface area contributed by atoms with Crippen LogP contribution in [-0.2, 0) is 0 Å². The first-order valence-corrected chi connectivity index (χ1v) is 5.78. The predicted molar refractivity (Wildman–Crippen MR) is 71.3 cm³/mol. The molecule has 102 valence electrons. The number of carboxylic acids is 1. The van der Waals surface area contributed by atoms with Crippen molar-refractivity contribution in [1.82, 2.24) is 0 Å². The largest absolute Gasteiger partial charge is 0.478 e. The third-order valence-electron chi connectivity index (χ3n) is 2.42. The molecule has 1 amide bonds. The van der Waals surface area contributed by atoms with Gasteiger partial charge in [-0.05, 0) is 24.3 Å². The van der Waals surface area contributed by atoms with E-state index in [0.29, 0.717) is 0 Å². The van der Waals surface area contributed by atoms with Crippen molar-refractivity contribution in [3.8, 4) is 0 Å². The SMILES string of the molecule is O=C(O)c1ccc(Cl)c(NC(=O)c2ccc(=O)oc2)c1. The van der Waals surface area contributed by atoms with E-state index < -0.39 is 17.5 Å². The molecule has 20 heavy (non-hydrogen) atoms. The van der Waals surface area contributed by atoms with Crippen LogP contribution in [0.1, 0.15) is 20.7 Å². The lowest BCUT2D eigenvalue weighted by molar-refractivity contribution is 0.0696. The molecule has 1 heterocycles. The minimum atomic E-state index is -1.14.